The Hall–Kier alpha value is -3.07. The lowest BCUT2D eigenvalue weighted by molar-refractivity contribution is -0.137. The summed E-state index contributed by atoms with van der Waals surface area (Å²) in [5.41, 5.74) is 1.59. The van der Waals surface area contributed by atoms with Crippen molar-refractivity contribution in [1.29, 1.82) is 5.26 Å². The number of pyridine rings is 1. The first kappa shape index (κ1) is 18.7. The van der Waals surface area contributed by atoms with Gasteiger partial charge in [-0.25, -0.2) is 4.79 Å². The fraction of sp³-hybridized carbons (Fsp3) is 0.381. The molecule has 3 rings (SSSR count). The molecule has 0 spiro atoms. The third-order valence-electron chi connectivity index (χ3n) is 4.89. The zero-order chi connectivity index (χ0) is 19.4. The number of carbonyl (C=O) groups is 1. The average Bonchev–Trinajstić information content (AvgIpc) is 2.70. The zero-order valence-electron chi connectivity index (χ0n) is 15.7. The maximum absolute atomic E-state index is 13.1. The molecule has 2 aromatic rings. The van der Waals surface area contributed by atoms with Crippen molar-refractivity contribution >= 4 is 28.6 Å². The van der Waals surface area contributed by atoms with Gasteiger partial charge in [0.2, 0.25) is 0 Å². The van der Waals surface area contributed by atoms with E-state index in [1.807, 2.05) is 30.3 Å². The van der Waals surface area contributed by atoms with E-state index in [1.54, 1.807) is 18.5 Å². The number of anilines is 1. The van der Waals surface area contributed by atoms with Gasteiger partial charge in [0, 0.05) is 25.5 Å². The molecule has 0 bridgehead atoms. The van der Waals surface area contributed by atoms with E-state index in [0.717, 1.165) is 48.9 Å². The van der Waals surface area contributed by atoms with Gasteiger partial charge in [0.05, 0.1) is 23.4 Å². The van der Waals surface area contributed by atoms with Crippen molar-refractivity contribution in [2.75, 3.05) is 24.6 Å². The molecule has 1 aromatic heterocycles. The molecular weight excluding hydrogens is 342 g/mol. The molecule has 1 saturated heterocycles. The standard InChI is InChI=1S/C21H23N3O3/c1-3-27-21(26)15(14-22)13-17-19(24-11-7-4-8-12-24)16-9-5-6-10-18(16)23(2)20(17)25/h5-6,9-10,13H,3-4,7-8,11-12H2,1-2H3/b15-13-. The van der Waals surface area contributed by atoms with Crippen LogP contribution >= 0.6 is 0 Å². The van der Waals surface area contributed by atoms with Crippen LogP contribution < -0.4 is 10.5 Å². The summed E-state index contributed by atoms with van der Waals surface area (Å²) in [4.78, 5) is 27.4. The van der Waals surface area contributed by atoms with Crippen LogP contribution in [0.25, 0.3) is 17.0 Å². The number of esters is 1. The third kappa shape index (κ3) is 3.59. The van der Waals surface area contributed by atoms with Gasteiger partial charge in [-0.15, -0.1) is 0 Å². The average molecular weight is 365 g/mol. The van der Waals surface area contributed by atoms with Gasteiger partial charge in [-0.2, -0.15) is 5.26 Å². The number of rotatable bonds is 4. The monoisotopic (exact) mass is 365 g/mol. The van der Waals surface area contributed by atoms with Crippen molar-refractivity contribution in [1.82, 2.24) is 4.57 Å². The Morgan fingerprint density at radius 1 is 1.26 bits per heavy atom. The first-order chi connectivity index (χ1) is 13.1. The predicted molar refractivity (Wildman–Crippen MR) is 105 cm³/mol. The van der Waals surface area contributed by atoms with Crippen LogP contribution in [-0.4, -0.2) is 30.2 Å². The van der Waals surface area contributed by atoms with Crippen molar-refractivity contribution in [3.8, 4) is 6.07 Å². The second-order valence-electron chi connectivity index (χ2n) is 6.58. The highest BCUT2D eigenvalue weighted by Crippen LogP contribution is 2.32. The predicted octanol–water partition coefficient (Wildman–Crippen LogP) is 3.00. The van der Waals surface area contributed by atoms with Crippen LogP contribution in [0.1, 0.15) is 31.7 Å². The number of aryl methyl sites for hydroxylation is 1. The smallest absolute Gasteiger partial charge is 0.348 e. The summed E-state index contributed by atoms with van der Waals surface area (Å²) in [6.07, 6.45) is 4.65. The Balaban J connectivity index is 2.30. The van der Waals surface area contributed by atoms with E-state index in [0.29, 0.717) is 5.56 Å². The Morgan fingerprint density at radius 3 is 2.63 bits per heavy atom. The summed E-state index contributed by atoms with van der Waals surface area (Å²) in [7, 11) is 1.71. The van der Waals surface area contributed by atoms with Gasteiger partial charge >= 0.3 is 5.97 Å². The molecule has 140 valence electrons. The molecule has 0 radical (unpaired) electrons. The third-order valence-corrected chi connectivity index (χ3v) is 4.89. The molecule has 0 saturated carbocycles. The van der Waals surface area contributed by atoms with Crippen LogP contribution in [0.15, 0.2) is 34.6 Å². The van der Waals surface area contributed by atoms with E-state index in [2.05, 4.69) is 4.90 Å². The van der Waals surface area contributed by atoms with E-state index in [4.69, 9.17) is 4.74 Å². The second kappa shape index (κ2) is 8.09. The minimum absolute atomic E-state index is 0.164. The van der Waals surface area contributed by atoms with Crippen LogP contribution in [0, 0.1) is 11.3 Å². The lowest BCUT2D eigenvalue weighted by Crippen LogP contribution is -2.33. The van der Waals surface area contributed by atoms with Gasteiger partial charge in [-0.05, 0) is 38.3 Å². The lowest BCUT2D eigenvalue weighted by atomic mass is 10.0. The number of ether oxygens (including phenoxy) is 1. The van der Waals surface area contributed by atoms with Gasteiger partial charge in [0.1, 0.15) is 11.6 Å². The van der Waals surface area contributed by atoms with Gasteiger partial charge in [0.15, 0.2) is 0 Å². The van der Waals surface area contributed by atoms with Crippen LogP contribution in [-0.2, 0) is 16.6 Å². The molecule has 27 heavy (non-hydrogen) atoms. The van der Waals surface area contributed by atoms with E-state index in [9.17, 15) is 14.9 Å². The Labute approximate surface area is 158 Å². The van der Waals surface area contributed by atoms with Gasteiger partial charge in [-0.1, -0.05) is 18.2 Å². The minimum atomic E-state index is -0.709. The lowest BCUT2D eigenvalue weighted by Gasteiger charge is -2.31. The number of piperidine rings is 1. The first-order valence-corrected chi connectivity index (χ1v) is 9.24. The molecule has 1 aromatic carbocycles. The number of hydrogen-bond acceptors (Lipinski definition) is 5. The van der Waals surface area contributed by atoms with Crippen LogP contribution in [0.2, 0.25) is 0 Å². The number of benzene rings is 1. The number of nitriles is 1. The van der Waals surface area contributed by atoms with Crippen LogP contribution in [0.4, 0.5) is 5.69 Å². The molecule has 6 nitrogen and oxygen atoms in total. The fourth-order valence-electron chi connectivity index (χ4n) is 3.58. The second-order valence-corrected chi connectivity index (χ2v) is 6.58. The number of aromatic nitrogens is 1. The summed E-state index contributed by atoms with van der Waals surface area (Å²) >= 11 is 0. The highest BCUT2D eigenvalue weighted by Gasteiger charge is 2.22. The van der Waals surface area contributed by atoms with Gasteiger partial charge < -0.3 is 14.2 Å². The molecule has 0 atom stereocenters. The highest BCUT2D eigenvalue weighted by atomic mass is 16.5. The zero-order valence-corrected chi connectivity index (χ0v) is 15.7. The molecule has 0 amide bonds. The van der Waals surface area contributed by atoms with E-state index in [1.165, 1.54) is 6.08 Å². The molecule has 0 N–H and O–H groups in total. The summed E-state index contributed by atoms with van der Waals surface area (Å²) < 4.78 is 6.52. The van der Waals surface area contributed by atoms with Crippen molar-refractivity contribution in [3.63, 3.8) is 0 Å². The van der Waals surface area contributed by atoms with Gasteiger partial charge in [0.25, 0.3) is 5.56 Å². The Bertz CT molecular complexity index is 992. The van der Waals surface area contributed by atoms with E-state index in [-0.39, 0.29) is 17.7 Å². The molecular formula is C21H23N3O3. The SMILES string of the molecule is CCOC(=O)/C(C#N)=C\c1c(N2CCCCC2)c2ccccc2n(C)c1=O. The largest absolute Gasteiger partial charge is 0.462 e. The summed E-state index contributed by atoms with van der Waals surface area (Å²) in [5, 5.41) is 10.4. The summed E-state index contributed by atoms with van der Waals surface area (Å²) in [6.45, 7) is 3.55. The Kier molecular flexibility index (Phi) is 5.60. The molecule has 1 fully saturated rings. The minimum Gasteiger partial charge on any atom is -0.462 e. The van der Waals surface area contributed by atoms with Crippen molar-refractivity contribution < 1.29 is 9.53 Å². The maximum atomic E-state index is 13.1. The Morgan fingerprint density at radius 2 is 1.96 bits per heavy atom. The van der Waals surface area contributed by atoms with Gasteiger partial charge in [-0.3, -0.25) is 4.79 Å². The normalized spacial score (nSPS) is 14.9. The highest BCUT2D eigenvalue weighted by molar-refractivity contribution is 6.02. The van der Waals surface area contributed by atoms with E-state index >= 15 is 0 Å². The number of hydrogen-bond donors (Lipinski definition) is 0. The molecule has 1 aliphatic heterocycles. The van der Waals surface area contributed by atoms with Crippen molar-refractivity contribution in [2.24, 2.45) is 7.05 Å². The summed E-state index contributed by atoms with van der Waals surface area (Å²) in [5.74, 6) is -0.709. The number of carbonyl (C=O) groups excluding carboxylic acids is 1. The number of nitrogens with zero attached hydrogens (tertiary/aromatic N) is 3. The quantitative estimate of drug-likeness (QED) is 0.473. The molecule has 2 heterocycles. The van der Waals surface area contributed by atoms with Crippen LogP contribution in [0.3, 0.4) is 0 Å². The number of fused-ring (bicyclic) bond motifs is 1. The summed E-state index contributed by atoms with van der Waals surface area (Å²) in [6, 6.07) is 9.60. The van der Waals surface area contributed by atoms with Crippen molar-refractivity contribution in [2.45, 2.75) is 26.2 Å². The molecule has 0 unspecified atom stereocenters. The maximum Gasteiger partial charge on any atom is 0.348 e. The van der Waals surface area contributed by atoms with Crippen LogP contribution in [0.5, 0.6) is 0 Å². The number of para-hydroxylation sites is 1. The topological polar surface area (TPSA) is 75.3 Å². The van der Waals surface area contributed by atoms with Crippen molar-refractivity contribution in [3.05, 3.63) is 45.8 Å². The molecule has 0 aliphatic carbocycles. The fourth-order valence-corrected chi connectivity index (χ4v) is 3.58. The molecule has 1 aliphatic rings. The van der Waals surface area contributed by atoms with E-state index < -0.39 is 5.97 Å². The molecule has 6 heteroatoms. The first-order valence-electron chi connectivity index (χ1n) is 9.24.